The molecule has 2 fully saturated rings. The van der Waals surface area contributed by atoms with E-state index in [9.17, 15) is 0 Å². The van der Waals surface area contributed by atoms with Crippen LogP contribution in [0.4, 0.5) is 0 Å². The third kappa shape index (κ3) is 4.59. The van der Waals surface area contributed by atoms with Crippen molar-refractivity contribution < 1.29 is 9.47 Å². The van der Waals surface area contributed by atoms with E-state index in [1.807, 2.05) is 18.2 Å². The molecule has 0 spiro atoms. The Hall–Kier alpha value is -2.08. The van der Waals surface area contributed by atoms with Crippen LogP contribution in [0.15, 0.2) is 42.5 Å². The van der Waals surface area contributed by atoms with Gasteiger partial charge in [-0.15, -0.1) is 0 Å². The molecule has 1 aromatic heterocycles. The minimum atomic E-state index is 0.221. The quantitative estimate of drug-likeness (QED) is 0.531. The highest BCUT2D eigenvalue weighted by atomic mass is 35.5. The topological polar surface area (TPSA) is 39.5 Å². The van der Waals surface area contributed by atoms with Crippen molar-refractivity contribution in [2.45, 2.75) is 44.2 Å². The molecule has 3 heterocycles. The standard InChI is InChI=1S/C25H30ClN3O2/c1-28-23-7-3-2-6-22(23)27-25(28)16-29-12-10-18(11-13-29)21-15-19(26)8-9-24(21)31-17-20-5-4-14-30-20/h2-3,6-9,15,18,20H,4-5,10-14,16-17H2,1H3. The fraction of sp³-hybridized carbons (Fsp3) is 0.480. The summed E-state index contributed by atoms with van der Waals surface area (Å²) in [6.07, 6.45) is 4.63. The molecule has 0 saturated carbocycles. The molecule has 2 saturated heterocycles. The Balaban J connectivity index is 1.23. The first-order valence-electron chi connectivity index (χ1n) is 11.3. The second kappa shape index (κ2) is 9.19. The number of fused-ring (bicyclic) bond motifs is 1. The normalized spacial score (nSPS) is 20.5. The fourth-order valence-corrected chi connectivity index (χ4v) is 5.05. The molecule has 2 aromatic carbocycles. The van der Waals surface area contributed by atoms with E-state index in [0.29, 0.717) is 12.5 Å². The predicted octanol–water partition coefficient (Wildman–Crippen LogP) is 5.16. The van der Waals surface area contributed by atoms with Gasteiger partial charge in [0.05, 0.1) is 23.7 Å². The van der Waals surface area contributed by atoms with Gasteiger partial charge in [-0.1, -0.05) is 23.7 Å². The average Bonchev–Trinajstić information content (AvgIpc) is 3.42. The van der Waals surface area contributed by atoms with Gasteiger partial charge in [-0.05, 0) is 80.6 Å². The lowest BCUT2D eigenvalue weighted by atomic mass is 9.88. The molecule has 0 aliphatic carbocycles. The maximum absolute atomic E-state index is 6.35. The number of halogens is 1. The third-order valence-corrected chi connectivity index (χ3v) is 6.93. The number of rotatable bonds is 6. The molecule has 2 aliphatic heterocycles. The molecular formula is C25H30ClN3O2. The van der Waals surface area contributed by atoms with Crippen LogP contribution in [0.3, 0.4) is 0 Å². The molecule has 0 bridgehead atoms. The average molecular weight is 440 g/mol. The fourth-order valence-electron chi connectivity index (χ4n) is 4.87. The zero-order valence-electron chi connectivity index (χ0n) is 18.1. The van der Waals surface area contributed by atoms with Crippen molar-refractivity contribution in [2.24, 2.45) is 7.05 Å². The number of para-hydroxylation sites is 2. The van der Waals surface area contributed by atoms with E-state index in [1.165, 1.54) is 11.1 Å². The molecule has 1 atom stereocenters. The van der Waals surface area contributed by atoms with Crippen LogP contribution < -0.4 is 4.74 Å². The molecule has 1 unspecified atom stereocenters. The number of aromatic nitrogens is 2. The van der Waals surface area contributed by atoms with Crippen LogP contribution in [0.5, 0.6) is 5.75 Å². The molecule has 6 heteroatoms. The number of hydrogen-bond donors (Lipinski definition) is 0. The maximum Gasteiger partial charge on any atom is 0.123 e. The Morgan fingerprint density at radius 3 is 2.74 bits per heavy atom. The lowest BCUT2D eigenvalue weighted by Gasteiger charge is -2.32. The summed E-state index contributed by atoms with van der Waals surface area (Å²) in [5, 5.41) is 0.779. The molecule has 5 rings (SSSR count). The number of hydrogen-bond acceptors (Lipinski definition) is 4. The van der Waals surface area contributed by atoms with Gasteiger partial charge in [-0.25, -0.2) is 4.98 Å². The number of ether oxygens (including phenoxy) is 2. The van der Waals surface area contributed by atoms with Crippen molar-refractivity contribution in [3.8, 4) is 5.75 Å². The highest BCUT2D eigenvalue weighted by molar-refractivity contribution is 6.30. The van der Waals surface area contributed by atoms with E-state index in [1.54, 1.807) is 0 Å². The Morgan fingerprint density at radius 2 is 1.97 bits per heavy atom. The first kappa shape index (κ1) is 20.8. The minimum Gasteiger partial charge on any atom is -0.491 e. The van der Waals surface area contributed by atoms with Gasteiger partial charge in [0.2, 0.25) is 0 Å². The zero-order valence-corrected chi connectivity index (χ0v) is 18.9. The zero-order chi connectivity index (χ0) is 21.2. The van der Waals surface area contributed by atoms with Crippen LogP contribution >= 0.6 is 11.6 Å². The summed E-state index contributed by atoms with van der Waals surface area (Å²) in [4.78, 5) is 7.35. The minimum absolute atomic E-state index is 0.221. The van der Waals surface area contributed by atoms with E-state index in [2.05, 4.69) is 40.8 Å². The molecule has 0 N–H and O–H groups in total. The molecule has 2 aliphatic rings. The molecule has 0 radical (unpaired) electrons. The number of benzene rings is 2. The van der Waals surface area contributed by atoms with Crippen molar-refractivity contribution in [3.63, 3.8) is 0 Å². The van der Waals surface area contributed by atoms with Gasteiger partial charge in [0.25, 0.3) is 0 Å². The van der Waals surface area contributed by atoms with Crippen molar-refractivity contribution in [1.29, 1.82) is 0 Å². The summed E-state index contributed by atoms with van der Waals surface area (Å²) >= 11 is 6.35. The summed E-state index contributed by atoms with van der Waals surface area (Å²) in [5.74, 6) is 2.56. The predicted molar refractivity (Wildman–Crippen MR) is 124 cm³/mol. The molecule has 164 valence electrons. The Labute approximate surface area is 188 Å². The summed E-state index contributed by atoms with van der Waals surface area (Å²) in [5.41, 5.74) is 3.51. The van der Waals surface area contributed by atoms with Gasteiger partial charge in [0.15, 0.2) is 0 Å². The monoisotopic (exact) mass is 439 g/mol. The molecule has 3 aromatic rings. The van der Waals surface area contributed by atoms with E-state index in [-0.39, 0.29) is 6.10 Å². The summed E-state index contributed by atoms with van der Waals surface area (Å²) < 4.78 is 14.1. The summed E-state index contributed by atoms with van der Waals surface area (Å²) in [6, 6.07) is 14.4. The van der Waals surface area contributed by atoms with Crippen LogP contribution in [0, 0.1) is 0 Å². The van der Waals surface area contributed by atoms with E-state index in [4.69, 9.17) is 26.1 Å². The number of piperidine rings is 1. The lowest BCUT2D eigenvalue weighted by Crippen LogP contribution is -2.33. The highest BCUT2D eigenvalue weighted by Crippen LogP contribution is 2.36. The van der Waals surface area contributed by atoms with E-state index < -0.39 is 0 Å². The molecule has 0 amide bonds. The van der Waals surface area contributed by atoms with Crippen molar-refractivity contribution >= 4 is 22.6 Å². The second-order valence-electron chi connectivity index (χ2n) is 8.75. The summed E-state index contributed by atoms with van der Waals surface area (Å²) in [6.45, 7) is 4.46. The number of likely N-dealkylation sites (tertiary alicyclic amines) is 1. The van der Waals surface area contributed by atoms with Crippen molar-refractivity contribution in [3.05, 3.63) is 58.9 Å². The largest absolute Gasteiger partial charge is 0.491 e. The van der Waals surface area contributed by atoms with Gasteiger partial charge in [0, 0.05) is 18.7 Å². The van der Waals surface area contributed by atoms with Crippen LogP contribution in [-0.4, -0.2) is 46.9 Å². The Bertz CT molecular complexity index is 1040. The van der Waals surface area contributed by atoms with E-state index in [0.717, 1.165) is 74.0 Å². The smallest absolute Gasteiger partial charge is 0.123 e. The number of nitrogens with zero attached hydrogens (tertiary/aromatic N) is 3. The van der Waals surface area contributed by atoms with Crippen LogP contribution in [0.2, 0.25) is 5.02 Å². The SMILES string of the molecule is Cn1c(CN2CCC(c3cc(Cl)ccc3OCC3CCCO3)CC2)nc2ccccc21. The van der Waals surface area contributed by atoms with Crippen LogP contribution in [0.25, 0.3) is 11.0 Å². The third-order valence-electron chi connectivity index (χ3n) is 6.69. The van der Waals surface area contributed by atoms with Crippen LogP contribution in [0.1, 0.15) is 43.0 Å². The first-order valence-corrected chi connectivity index (χ1v) is 11.7. The van der Waals surface area contributed by atoms with E-state index >= 15 is 0 Å². The lowest BCUT2D eigenvalue weighted by molar-refractivity contribution is 0.0672. The Kier molecular flexibility index (Phi) is 6.17. The van der Waals surface area contributed by atoms with Gasteiger partial charge in [-0.2, -0.15) is 0 Å². The molecule has 5 nitrogen and oxygen atoms in total. The van der Waals surface area contributed by atoms with Crippen LogP contribution in [-0.2, 0) is 18.3 Å². The van der Waals surface area contributed by atoms with Gasteiger partial charge >= 0.3 is 0 Å². The van der Waals surface area contributed by atoms with Crippen molar-refractivity contribution in [2.75, 3.05) is 26.3 Å². The Morgan fingerprint density at radius 1 is 1.13 bits per heavy atom. The molecular weight excluding hydrogens is 410 g/mol. The number of aryl methyl sites for hydroxylation is 1. The number of imidazole rings is 1. The highest BCUT2D eigenvalue weighted by Gasteiger charge is 2.25. The van der Waals surface area contributed by atoms with Gasteiger partial charge < -0.3 is 14.0 Å². The van der Waals surface area contributed by atoms with Gasteiger partial charge in [-0.3, -0.25) is 4.90 Å². The first-order chi connectivity index (χ1) is 15.2. The maximum atomic E-state index is 6.35. The molecule has 31 heavy (non-hydrogen) atoms. The van der Waals surface area contributed by atoms with Crippen molar-refractivity contribution in [1.82, 2.24) is 14.5 Å². The second-order valence-corrected chi connectivity index (χ2v) is 9.19. The van der Waals surface area contributed by atoms with Gasteiger partial charge in [0.1, 0.15) is 18.2 Å². The summed E-state index contributed by atoms with van der Waals surface area (Å²) in [7, 11) is 2.11.